The number of nitrogens with one attached hydrogen (secondary N) is 1. The van der Waals surface area contributed by atoms with Crippen molar-refractivity contribution >= 4 is 5.69 Å². The normalized spacial score (nSPS) is 10.2. The van der Waals surface area contributed by atoms with Crippen LogP contribution in [0.1, 0.15) is 0 Å². The van der Waals surface area contributed by atoms with Crippen LogP contribution in [0.25, 0.3) is 0 Å². The Kier molecular flexibility index (Phi) is 2.97. The first-order chi connectivity index (χ1) is 7.34. The Morgan fingerprint density at radius 3 is 3.00 bits per heavy atom. The molecule has 2 rings (SSSR count). The molecule has 0 aliphatic rings. The molecule has 1 heterocycles. The van der Waals surface area contributed by atoms with E-state index in [-0.39, 0.29) is 5.82 Å². The number of aromatic nitrogens is 2. The average molecular weight is 205 g/mol. The molecule has 1 aromatic carbocycles. The van der Waals surface area contributed by atoms with Crippen molar-refractivity contribution in [2.24, 2.45) is 0 Å². The van der Waals surface area contributed by atoms with Gasteiger partial charge in [-0.05, 0) is 24.3 Å². The van der Waals surface area contributed by atoms with Crippen molar-refractivity contribution in [2.45, 2.75) is 6.54 Å². The molecular formula is C11H12FN3. The molecule has 1 aromatic heterocycles. The fourth-order valence-corrected chi connectivity index (χ4v) is 1.35. The highest BCUT2D eigenvalue weighted by atomic mass is 19.1. The Bertz CT molecular complexity index is 412. The Morgan fingerprint density at radius 1 is 1.33 bits per heavy atom. The number of rotatable bonds is 4. The third-order valence-electron chi connectivity index (χ3n) is 2.05. The van der Waals surface area contributed by atoms with Gasteiger partial charge in [-0.1, -0.05) is 6.07 Å². The van der Waals surface area contributed by atoms with Crippen LogP contribution in [-0.2, 0) is 6.54 Å². The zero-order valence-corrected chi connectivity index (χ0v) is 8.23. The molecule has 1 N–H and O–H groups in total. The third-order valence-corrected chi connectivity index (χ3v) is 2.05. The fourth-order valence-electron chi connectivity index (χ4n) is 1.35. The summed E-state index contributed by atoms with van der Waals surface area (Å²) >= 11 is 0. The van der Waals surface area contributed by atoms with E-state index in [1.807, 2.05) is 23.0 Å². The molecular weight excluding hydrogens is 193 g/mol. The third kappa shape index (κ3) is 2.80. The largest absolute Gasteiger partial charge is 0.383 e. The smallest absolute Gasteiger partial charge is 0.125 e. The molecule has 0 spiro atoms. The molecule has 0 saturated carbocycles. The van der Waals surface area contributed by atoms with E-state index in [0.717, 1.165) is 18.8 Å². The Morgan fingerprint density at radius 2 is 2.27 bits per heavy atom. The monoisotopic (exact) mass is 205 g/mol. The van der Waals surface area contributed by atoms with Gasteiger partial charge in [0.25, 0.3) is 0 Å². The summed E-state index contributed by atoms with van der Waals surface area (Å²) in [6.45, 7) is 1.49. The summed E-state index contributed by atoms with van der Waals surface area (Å²) in [5.74, 6) is -0.223. The second-order valence-electron chi connectivity index (χ2n) is 3.21. The summed E-state index contributed by atoms with van der Waals surface area (Å²) in [6, 6.07) is 8.31. The number of nitrogens with zero attached hydrogens (tertiary/aromatic N) is 2. The number of halogens is 1. The van der Waals surface area contributed by atoms with Gasteiger partial charge < -0.3 is 5.32 Å². The van der Waals surface area contributed by atoms with E-state index in [9.17, 15) is 4.39 Å². The lowest BCUT2D eigenvalue weighted by Crippen LogP contribution is -2.10. The second-order valence-corrected chi connectivity index (χ2v) is 3.21. The molecule has 0 amide bonds. The molecule has 0 aliphatic heterocycles. The molecule has 0 fully saturated rings. The highest BCUT2D eigenvalue weighted by Crippen LogP contribution is 2.08. The molecule has 0 unspecified atom stereocenters. The maximum absolute atomic E-state index is 12.8. The summed E-state index contributed by atoms with van der Waals surface area (Å²) in [5, 5.41) is 7.19. The van der Waals surface area contributed by atoms with Crippen LogP contribution in [0, 0.1) is 5.82 Å². The van der Waals surface area contributed by atoms with Crippen LogP contribution in [0.2, 0.25) is 0 Å². The average Bonchev–Trinajstić information content (AvgIpc) is 2.71. The lowest BCUT2D eigenvalue weighted by Gasteiger charge is -2.06. The van der Waals surface area contributed by atoms with Crippen molar-refractivity contribution in [1.82, 2.24) is 9.78 Å². The van der Waals surface area contributed by atoms with Crippen LogP contribution >= 0.6 is 0 Å². The minimum atomic E-state index is -0.223. The zero-order valence-electron chi connectivity index (χ0n) is 8.23. The Labute approximate surface area is 87.5 Å². The summed E-state index contributed by atoms with van der Waals surface area (Å²) in [6.07, 6.45) is 3.63. The van der Waals surface area contributed by atoms with Crippen LogP contribution in [0.5, 0.6) is 0 Å². The molecule has 0 bridgehead atoms. The van der Waals surface area contributed by atoms with Gasteiger partial charge in [0.1, 0.15) is 5.82 Å². The highest BCUT2D eigenvalue weighted by Gasteiger charge is 1.94. The van der Waals surface area contributed by atoms with E-state index in [2.05, 4.69) is 10.4 Å². The van der Waals surface area contributed by atoms with E-state index in [1.54, 1.807) is 12.3 Å². The van der Waals surface area contributed by atoms with Crippen LogP contribution in [-0.4, -0.2) is 16.3 Å². The minimum Gasteiger partial charge on any atom is -0.383 e. The number of hydrogen-bond donors (Lipinski definition) is 1. The predicted molar refractivity (Wildman–Crippen MR) is 57.1 cm³/mol. The first kappa shape index (κ1) is 9.71. The van der Waals surface area contributed by atoms with Gasteiger partial charge in [-0.2, -0.15) is 5.10 Å². The number of benzene rings is 1. The lowest BCUT2D eigenvalue weighted by atomic mass is 10.3. The molecule has 78 valence electrons. The zero-order chi connectivity index (χ0) is 10.5. The van der Waals surface area contributed by atoms with Crippen LogP contribution in [0.15, 0.2) is 42.7 Å². The second kappa shape index (κ2) is 4.59. The van der Waals surface area contributed by atoms with Crippen molar-refractivity contribution in [3.05, 3.63) is 48.5 Å². The van der Waals surface area contributed by atoms with E-state index in [4.69, 9.17) is 0 Å². The van der Waals surface area contributed by atoms with E-state index in [0.29, 0.717) is 0 Å². The van der Waals surface area contributed by atoms with Gasteiger partial charge in [0, 0.05) is 24.6 Å². The Hall–Kier alpha value is -1.84. The quantitative estimate of drug-likeness (QED) is 0.828. The van der Waals surface area contributed by atoms with Crippen LogP contribution in [0.3, 0.4) is 0 Å². The molecule has 0 aliphatic carbocycles. The summed E-state index contributed by atoms with van der Waals surface area (Å²) < 4.78 is 14.6. The maximum Gasteiger partial charge on any atom is 0.125 e. The van der Waals surface area contributed by atoms with E-state index < -0.39 is 0 Å². The van der Waals surface area contributed by atoms with Crippen molar-refractivity contribution in [3.63, 3.8) is 0 Å². The van der Waals surface area contributed by atoms with E-state index in [1.165, 1.54) is 12.1 Å². The first-order valence-electron chi connectivity index (χ1n) is 4.81. The fraction of sp³-hybridized carbons (Fsp3) is 0.182. The number of anilines is 1. The van der Waals surface area contributed by atoms with Gasteiger partial charge in [0.05, 0.1) is 6.54 Å². The molecule has 15 heavy (non-hydrogen) atoms. The predicted octanol–water partition coefficient (Wildman–Crippen LogP) is 2.13. The van der Waals surface area contributed by atoms with Crippen molar-refractivity contribution in [1.29, 1.82) is 0 Å². The van der Waals surface area contributed by atoms with Crippen molar-refractivity contribution < 1.29 is 4.39 Å². The van der Waals surface area contributed by atoms with Crippen molar-refractivity contribution in [2.75, 3.05) is 11.9 Å². The molecule has 0 radical (unpaired) electrons. The van der Waals surface area contributed by atoms with Gasteiger partial charge in [-0.3, -0.25) is 4.68 Å². The first-order valence-corrected chi connectivity index (χ1v) is 4.81. The minimum absolute atomic E-state index is 0.223. The van der Waals surface area contributed by atoms with Gasteiger partial charge >= 0.3 is 0 Å². The van der Waals surface area contributed by atoms with Gasteiger partial charge in [-0.25, -0.2) is 4.39 Å². The Balaban J connectivity index is 1.83. The summed E-state index contributed by atoms with van der Waals surface area (Å²) in [4.78, 5) is 0. The number of hydrogen-bond acceptors (Lipinski definition) is 2. The molecule has 2 aromatic rings. The molecule has 0 saturated heterocycles. The maximum atomic E-state index is 12.8. The lowest BCUT2D eigenvalue weighted by molar-refractivity contribution is 0.625. The molecule has 4 heteroatoms. The summed E-state index contributed by atoms with van der Waals surface area (Å²) in [5.41, 5.74) is 0.794. The van der Waals surface area contributed by atoms with Gasteiger partial charge in [0.15, 0.2) is 0 Å². The van der Waals surface area contributed by atoms with Crippen LogP contribution < -0.4 is 5.32 Å². The standard InChI is InChI=1S/C11H12FN3/c12-10-3-1-4-11(9-10)13-6-8-15-7-2-5-14-15/h1-5,7,9,13H,6,8H2. The molecule has 3 nitrogen and oxygen atoms in total. The highest BCUT2D eigenvalue weighted by molar-refractivity contribution is 5.42. The van der Waals surface area contributed by atoms with E-state index >= 15 is 0 Å². The van der Waals surface area contributed by atoms with Gasteiger partial charge in [0.2, 0.25) is 0 Å². The topological polar surface area (TPSA) is 29.9 Å². The summed E-state index contributed by atoms with van der Waals surface area (Å²) in [7, 11) is 0. The SMILES string of the molecule is Fc1cccc(NCCn2cccn2)c1. The van der Waals surface area contributed by atoms with Gasteiger partial charge in [-0.15, -0.1) is 0 Å². The molecule has 0 atom stereocenters. The van der Waals surface area contributed by atoms with Crippen LogP contribution in [0.4, 0.5) is 10.1 Å². The van der Waals surface area contributed by atoms with Crippen molar-refractivity contribution in [3.8, 4) is 0 Å².